The first kappa shape index (κ1) is 21.5. The van der Waals surface area contributed by atoms with Crippen LogP contribution in [0.2, 0.25) is 0 Å². The van der Waals surface area contributed by atoms with Crippen LogP contribution in [0.15, 0.2) is 47.4 Å². The Morgan fingerprint density at radius 1 is 0.867 bits per heavy atom. The Bertz CT molecular complexity index is 1040. The lowest BCUT2D eigenvalue weighted by Crippen LogP contribution is -2.29. The number of nitrogens with one attached hydrogen (secondary N) is 2. The number of rotatable bonds is 9. The Hall–Kier alpha value is -3.25. The van der Waals surface area contributed by atoms with Crippen molar-refractivity contribution in [1.29, 1.82) is 0 Å². The van der Waals surface area contributed by atoms with Gasteiger partial charge in [0.05, 0.1) is 15.5 Å². The molecule has 0 atom stereocenters. The zero-order chi connectivity index (χ0) is 21.7. The third-order valence-electron chi connectivity index (χ3n) is 4.71. The SMILES string of the molecule is O=[N+]([O-])c1ccc(NCCNc2ccc([N+](=O)[O-])cc2S(=O)(=O)N2CCCC2)cc1. The molecule has 1 saturated heterocycles. The summed E-state index contributed by atoms with van der Waals surface area (Å²) in [6.07, 6.45) is 1.52. The molecule has 12 heteroatoms. The van der Waals surface area contributed by atoms with Crippen molar-refractivity contribution in [2.75, 3.05) is 36.8 Å². The van der Waals surface area contributed by atoms with Crippen LogP contribution in [0.1, 0.15) is 12.8 Å². The quantitative estimate of drug-likeness (QED) is 0.347. The highest BCUT2D eigenvalue weighted by Gasteiger charge is 2.30. The monoisotopic (exact) mass is 435 g/mol. The maximum absolute atomic E-state index is 13.0. The van der Waals surface area contributed by atoms with Gasteiger partial charge >= 0.3 is 0 Å². The Morgan fingerprint density at radius 2 is 1.43 bits per heavy atom. The number of hydrogen-bond donors (Lipinski definition) is 2. The highest BCUT2D eigenvalue weighted by molar-refractivity contribution is 7.89. The van der Waals surface area contributed by atoms with Gasteiger partial charge in [0.15, 0.2) is 0 Å². The number of sulfonamides is 1. The topological polar surface area (TPSA) is 148 Å². The summed E-state index contributed by atoms with van der Waals surface area (Å²) < 4.78 is 27.3. The minimum absolute atomic E-state index is 0.0127. The number of benzene rings is 2. The molecule has 11 nitrogen and oxygen atoms in total. The summed E-state index contributed by atoms with van der Waals surface area (Å²) in [7, 11) is -3.85. The lowest BCUT2D eigenvalue weighted by Gasteiger charge is -2.19. The van der Waals surface area contributed by atoms with Crippen molar-refractivity contribution >= 4 is 32.8 Å². The minimum atomic E-state index is -3.85. The summed E-state index contributed by atoms with van der Waals surface area (Å²) in [5.74, 6) is 0. The lowest BCUT2D eigenvalue weighted by atomic mass is 10.2. The first-order chi connectivity index (χ1) is 14.3. The van der Waals surface area contributed by atoms with Gasteiger partial charge in [-0.15, -0.1) is 0 Å². The summed E-state index contributed by atoms with van der Waals surface area (Å²) in [4.78, 5) is 20.6. The molecule has 1 heterocycles. The van der Waals surface area contributed by atoms with Crippen molar-refractivity contribution in [2.45, 2.75) is 17.7 Å². The first-order valence-electron chi connectivity index (χ1n) is 9.30. The van der Waals surface area contributed by atoms with Crippen molar-refractivity contribution < 1.29 is 18.3 Å². The van der Waals surface area contributed by atoms with Crippen molar-refractivity contribution in [2.24, 2.45) is 0 Å². The maximum atomic E-state index is 13.0. The molecule has 1 aliphatic rings. The normalized spacial score (nSPS) is 14.4. The molecule has 0 aromatic heterocycles. The molecule has 2 N–H and O–H groups in total. The van der Waals surface area contributed by atoms with E-state index in [9.17, 15) is 28.6 Å². The van der Waals surface area contributed by atoms with Gasteiger partial charge in [0, 0.05) is 56.1 Å². The maximum Gasteiger partial charge on any atom is 0.270 e. The van der Waals surface area contributed by atoms with E-state index in [1.165, 1.54) is 28.6 Å². The molecule has 0 aliphatic carbocycles. The second-order valence-electron chi connectivity index (χ2n) is 6.71. The van der Waals surface area contributed by atoms with Crippen LogP contribution in [0.3, 0.4) is 0 Å². The molecule has 0 radical (unpaired) electrons. The molecule has 2 aromatic carbocycles. The van der Waals surface area contributed by atoms with E-state index in [2.05, 4.69) is 10.6 Å². The van der Waals surface area contributed by atoms with E-state index in [0.29, 0.717) is 31.9 Å². The van der Waals surface area contributed by atoms with Crippen LogP contribution in [0.5, 0.6) is 0 Å². The van der Waals surface area contributed by atoms with Crippen LogP contribution in [-0.2, 0) is 10.0 Å². The number of non-ortho nitro benzene ring substituents is 2. The van der Waals surface area contributed by atoms with Crippen LogP contribution in [-0.4, -0.2) is 48.7 Å². The largest absolute Gasteiger partial charge is 0.383 e. The number of nitrogens with zero attached hydrogens (tertiary/aromatic N) is 3. The summed E-state index contributed by atoms with van der Waals surface area (Å²) in [6.45, 7) is 1.52. The smallest absolute Gasteiger partial charge is 0.270 e. The summed E-state index contributed by atoms with van der Waals surface area (Å²) >= 11 is 0. The van der Waals surface area contributed by atoms with Crippen molar-refractivity contribution in [1.82, 2.24) is 4.31 Å². The molecular formula is C18H21N5O6S. The second kappa shape index (κ2) is 9.05. The van der Waals surface area contributed by atoms with E-state index in [1.54, 1.807) is 12.1 Å². The van der Waals surface area contributed by atoms with Crippen LogP contribution in [0.4, 0.5) is 22.7 Å². The summed E-state index contributed by atoms with van der Waals surface area (Å²) in [5.41, 5.74) is 0.664. The van der Waals surface area contributed by atoms with Gasteiger partial charge in [0.25, 0.3) is 11.4 Å². The van der Waals surface area contributed by atoms with Gasteiger partial charge in [-0.05, 0) is 31.0 Å². The highest BCUT2D eigenvalue weighted by atomic mass is 32.2. The van der Waals surface area contributed by atoms with Crippen LogP contribution in [0, 0.1) is 20.2 Å². The van der Waals surface area contributed by atoms with E-state index in [1.807, 2.05) is 0 Å². The third-order valence-corrected chi connectivity index (χ3v) is 6.65. The molecular weight excluding hydrogens is 414 g/mol. The standard InChI is InChI=1S/C18H21N5O6S/c24-22(25)15-5-3-14(4-6-15)19-9-10-20-17-8-7-16(23(26)27)13-18(17)30(28,29)21-11-1-2-12-21/h3-8,13,19-20H,1-2,9-12H2. The molecule has 1 fully saturated rings. The van der Waals surface area contributed by atoms with Crippen LogP contribution in [0.25, 0.3) is 0 Å². The first-order valence-corrected chi connectivity index (χ1v) is 10.7. The van der Waals surface area contributed by atoms with E-state index in [0.717, 1.165) is 18.9 Å². The molecule has 30 heavy (non-hydrogen) atoms. The van der Waals surface area contributed by atoms with Gasteiger partial charge < -0.3 is 10.6 Å². The Balaban J connectivity index is 1.70. The number of nitro groups is 2. The predicted octanol–water partition coefficient (Wildman–Crippen LogP) is 2.81. The predicted molar refractivity (Wildman–Crippen MR) is 111 cm³/mol. The fraction of sp³-hybridized carbons (Fsp3) is 0.333. The van der Waals surface area contributed by atoms with Gasteiger partial charge in [-0.25, -0.2) is 8.42 Å². The van der Waals surface area contributed by atoms with Gasteiger partial charge in [-0.3, -0.25) is 20.2 Å². The number of hydrogen-bond acceptors (Lipinski definition) is 8. The third kappa shape index (κ3) is 4.83. The molecule has 0 saturated carbocycles. The molecule has 0 amide bonds. The van der Waals surface area contributed by atoms with Crippen LogP contribution >= 0.6 is 0 Å². The van der Waals surface area contributed by atoms with Crippen molar-refractivity contribution in [3.8, 4) is 0 Å². The van der Waals surface area contributed by atoms with Gasteiger partial charge in [0.1, 0.15) is 4.90 Å². The average molecular weight is 435 g/mol. The molecule has 1 aliphatic heterocycles. The second-order valence-corrected chi connectivity index (χ2v) is 8.61. The number of anilines is 2. The Labute approximate surface area is 173 Å². The van der Waals surface area contributed by atoms with Gasteiger partial charge in [-0.1, -0.05) is 0 Å². The van der Waals surface area contributed by atoms with Crippen LogP contribution < -0.4 is 10.6 Å². The van der Waals surface area contributed by atoms with Crippen molar-refractivity contribution in [3.05, 3.63) is 62.7 Å². The van der Waals surface area contributed by atoms with E-state index >= 15 is 0 Å². The average Bonchev–Trinajstić information content (AvgIpc) is 3.27. The summed E-state index contributed by atoms with van der Waals surface area (Å²) in [6, 6.07) is 9.65. The molecule has 0 bridgehead atoms. The zero-order valence-corrected chi connectivity index (χ0v) is 16.8. The van der Waals surface area contributed by atoms with E-state index in [4.69, 9.17) is 0 Å². The molecule has 2 aromatic rings. The lowest BCUT2D eigenvalue weighted by molar-refractivity contribution is -0.385. The zero-order valence-electron chi connectivity index (χ0n) is 16.0. The van der Waals surface area contributed by atoms with Gasteiger partial charge in [-0.2, -0.15) is 4.31 Å². The fourth-order valence-electron chi connectivity index (χ4n) is 3.16. The van der Waals surface area contributed by atoms with Crippen molar-refractivity contribution in [3.63, 3.8) is 0 Å². The molecule has 160 valence electrons. The summed E-state index contributed by atoms with van der Waals surface area (Å²) in [5, 5.41) is 27.9. The van der Waals surface area contributed by atoms with E-state index in [-0.39, 0.29) is 22.0 Å². The molecule has 0 unspecified atom stereocenters. The number of nitro benzene ring substituents is 2. The highest BCUT2D eigenvalue weighted by Crippen LogP contribution is 2.30. The molecule has 3 rings (SSSR count). The Kier molecular flexibility index (Phi) is 6.47. The fourth-order valence-corrected chi connectivity index (χ4v) is 4.86. The van der Waals surface area contributed by atoms with Gasteiger partial charge in [0.2, 0.25) is 10.0 Å². The Morgan fingerprint density at radius 3 is 2.03 bits per heavy atom. The minimum Gasteiger partial charge on any atom is -0.383 e. The molecule has 0 spiro atoms. The van der Waals surface area contributed by atoms with E-state index < -0.39 is 19.9 Å².